The summed E-state index contributed by atoms with van der Waals surface area (Å²) in [7, 11) is 0. The van der Waals surface area contributed by atoms with E-state index in [1.165, 1.54) is 0 Å². The third-order valence-electron chi connectivity index (χ3n) is 3.92. The molecule has 1 aliphatic carbocycles. The average molecular weight is 412 g/mol. The van der Waals surface area contributed by atoms with Gasteiger partial charge in [-0.3, -0.25) is 4.79 Å². The van der Waals surface area contributed by atoms with E-state index in [2.05, 4.69) is 36.8 Å². The fraction of sp³-hybridized carbons (Fsp3) is 0.312. The first-order chi connectivity index (χ1) is 11.5. The Bertz CT molecular complexity index is 824. The van der Waals surface area contributed by atoms with E-state index < -0.39 is 0 Å². The van der Waals surface area contributed by atoms with Crippen molar-refractivity contribution in [3.8, 4) is 0 Å². The standard InChI is InChI=1S/C16H16BrClN4O2/c17-12-8-11(4-5-13(12)18)20-16(24)19-10-2-1-3-14-9(6-10)7-15(23)22-21-14/h4-5,7-8,10H,1-3,6H2,(H,22,23)(H2,19,20,24)/t10-/m1/s1. The molecule has 0 saturated carbocycles. The van der Waals surface area contributed by atoms with E-state index in [1.807, 2.05) is 0 Å². The lowest BCUT2D eigenvalue weighted by atomic mass is 10.1. The second-order valence-corrected chi connectivity index (χ2v) is 6.99. The number of hydrogen-bond donors (Lipinski definition) is 3. The molecule has 0 bridgehead atoms. The molecule has 0 saturated heterocycles. The predicted molar refractivity (Wildman–Crippen MR) is 96.6 cm³/mol. The number of rotatable bonds is 2. The number of nitrogens with one attached hydrogen (secondary N) is 3. The number of halogens is 2. The molecule has 0 aliphatic heterocycles. The van der Waals surface area contributed by atoms with Crippen molar-refractivity contribution in [1.82, 2.24) is 15.5 Å². The number of nitrogens with zero attached hydrogens (tertiary/aromatic N) is 1. The first-order valence-electron chi connectivity index (χ1n) is 7.61. The number of anilines is 1. The number of carbonyl (C=O) groups is 1. The van der Waals surface area contributed by atoms with Crippen molar-refractivity contribution in [1.29, 1.82) is 0 Å². The zero-order chi connectivity index (χ0) is 17.1. The number of fused-ring (bicyclic) bond motifs is 1. The van der Waals surface area contributed by atoms with Gasteiger partial charge >= 0.3 is 6.03 Å². The van der Waals surface area contributed by atoms with Crippen LogP contribution in [0.25, 0.3) is 0 Å². The number of aryl methyl sites for hydroxylation is 1. The van der Waals surface area contributed by atoms with Gasteiger partial charge in [0, 0.05) is 22.3 Å². The van der Waals surface area contributed by atoms with Crippen LogP contribution in [0.3, 0.4) is 0 Å². The van der Waals surface area contributed by atoms with Gasteiger partial charge in [-0.05, 0) is 65.4 Å². The average Bonchev–Trinajstić information content (AvgIpc) is 2.72. The van der Waals surface area contributed by atoms with Gasteiger partial charge in [-0.25, -0.2) is 9.89 Å². The minimum absolute atomic E-state index is 0.0365. The van der Waals surface area contributed by atoms with Gasteiger partial charge < -0.3 is 10.6 Å². The van der Waals surface area contributed by atoms with Gasteiger partial charge in [-0.2, -0.15) is 5.10 Å². The Labute approximate surface area is 152 Å². The molecule has 3 rings (SSSR count). The van der Waals surface area contributed by atoms with Gasteiger partial charge in [-0.15, -0.1) is 0 Å². The summed E-state index contributed by atoms with van der Waals surface area (Å²) in [6.07, 6.45) is 3.14. The summed E-state index contributed by atoms with van der Waals surface area (Å²) in [5, 5.41) is 12.9. The maximum Gasteiger partial charge on any atom is 0.319 e. The molecule has 1 heterocycles. The van der Waals surface area contributed by atoms with Crippen LogP contribution in [0.2, 0.25) is 5.02 Å². The summed E-state index contributed by atoms with van der Waals surface area (Å²) in [5.41, 5.74) is 2.23. The third-order valence-corrected chi connectivity index (χ3v) is 5.14. The summed E-state index contributed by atoms with van der Waals surface area (Å²) in [5.74, 6) is 0. The molecule has 126 valence electrons. The first kappa shape index (κ1) is 17.0. The molecule has 1 atom stereocenters. The van der Waals surface area contributed by atoms with Crippen LogP contribution < -0.4 is 16.2 Å². The lowest BCUT2D eigenvalue weighted by Crippen LogP contribution is -2.39. The lowest BCUT2D eigenvalue weighted by Gasteiger charge is -2.17. The fourth-order valence-corrected chi connectivity index (χ4v) is 3.29. The van der Waals surface area contributed by atoms with Crippen LogP contribution in [-0.4, -0.2) is 22.3 Å². The Hall–Kier alpha value is -1.86. The molecular weight excluding hydrogens is 396 g/mol. The van der Waals surface area contributed by atoms with E-state index >= 15 is 0 Å². The molecule has 0 fully saturated rings. The van der Waals surface area contributed by atoms with Gasteiger partial charge in [-0.1, -0.05) is 11.6 Å². The summed E-state index contributed by atoms with van der Waals surface area (Å²) in [4.78, 5) is 23.7. The van der Waals surface area contributed by atoms with Gasteiger partial charge in [0.05, 0.1) is 10.7 Å². The SMILES string of the molecule is O=C(Nc1ccc(Cl)c(Br)c1)N[C@@H]1CCCc2n[nH]c(=O)cc2C1. The molecule has 1 aliphatic rings. The smallest absolute Gasteiger partial charge is 0.319 e. The summed E-state index contributed by atoms with van der Waals surface area (Å²) < 4.78 is 0.718. The number of amides is 2. The maximum atomic E-state index is 12.2. The van der Waals surface area contributed by atoms with Crippen LogP contribution in [0.5, 0.6) is 0 Å². The number of carbonyl (C=O) groups excluding carboxylic acids is 1. The maximum absolute atomic E-state index is 12.2. The van der Waals surface area contributed by atoms with E-state index in [1.54, 1.807) is 24.3 Å². The van der Waals surface area contributed by atoms with E-state index in [-0.39, 0.29) is 17.6 Å². The number of aromatic amines is 1. The predicted octanol–water partition coefficient (Wildman–Crippen LogP) is 3.25. The molecule has 0 spiro atoms. The van der Waals surface area contributed by atoms with Crippen LogP contribution in [0, 0.1) is 0 Å². The van der Waals surface area contributed by atoms with Crippen molar-refractivity contribution in [2.75, 3.05) is 5.32 Å². The highest BCUT2D eigenvalue weighted by atomic mass is 79.9. The fourth-order valence-electron chi connectivity index (χ4n) is 2.79. The Kier molecular flexibility index (Phi) is 5.20. The van der Waals surface area contributed by atoms with Crippen LogP contribution >= 0.6 is 27.5 Å². The highest BCUT2D eigenvalue weighted by Crippen LogP contribution is 2.25. The normalized spacial score (nSPS) is 16.8. The highest BCUT2D eigenvalue weighted by Gasteiger charge is 2.20. The Morgan fingerprint density at radius 2 is 2.21 bits per heavy atom. The molecule has 1 aromatic carbocycles. The first-order valence-corrected chi connectivity index (χ1v) is 8.78. The lowest BCUT2D eigenvalue weighted by molar-refractivity contribution is 0.247. The summed E-state index contributed by atoms with van der Waals surface area (Å²) in [6, 6.07) is 6.44. The van der Waals surface area contributed by atoms with Gasteiger partial charge in [0.2, 0.25) is 0 Å². The largest absolute Gasteiger partial charge is 0.335 e. The van der Waals surface area contributed by atoms with E-state index in [9.17, 15) is 9.59 Å². The molecule has 0 radical (unpaired) electrons. The van der Waals surface area contributed by atoms with Crippen molar-refractivity contribution in [2.45, 2.75) is 31.7 Å². The third kappa shape index (κ3) is 4.15. The van der Waals surface area contributed by atoms with Crippen molar-refractivity contribution in [2.24, 2.45) is 0 Å². The molecule has 24 heavy (non-hydrogen) atoms. The number of benzene rings is 1. The monoisotopic (exact) mass is 410 g/mol. The quantitative estimate of drug-likeness (QED) is 0.663. The van der Waals surface area contributed by atoms with Crippen LogP contribution in [0.1, 0.15) is 24.1 Å². The molecule has 0 unspecified atom stereocenters. The zero-order valence-electron chi connectivity index (χ0n) is 12.7. The molecule has 6 nitrogen and oxygen atoms in total. The second-order valence-electron chi connectivity index (χ2n) is 5.72. The minimum Gasteiger partial charge on any atom is -0.335 e. The number of aromatic nitrogens is 2. The summed E-state index contributed by atoms with van der Waals surface area (Å²) >= 11 is 9.27. The van der Waals surface area contributed by atoms with E-state index in [4.69, 9.17) is 11.6 Å². The van der Waals surface area contributed by atoms with Gasteiger partial charge in [0.1, 0.15) is 0 Å². The molecule has 3 N–H and O–H groups in total. The van der Waals surface area contributed by atoms with Crippen LogP contribution in [0.4, 0.5) is 10.5 Å². The molecule has 8 heteroatoms. The van der Waals surface area contributed by atoms with Crippen molar-refractivity contribution >= 4 is 39.2 Å². The number of H-pyrrole nitrogens is 1. The molecule has 1 aromatic heterocycles. The minimum atomic E-state index is -0.282. The Morgan fingerprint density at radius 3 is 3.00 bits per heavy atom. The topological polar surface area (TPSA) is 86.9 Å². The van der Waals surface area contributed by atoms with E-state index in [0.29, 0.717) is 17.1 Å². The zero-order valence-corrected chi connectivity index (χ0v) is 15.1. The molecule has 2 amide bonds. The summed E-state index contributed by atoms with van der Waals surface area (Å²) in [6.45, 7) is 0. The second kappa shape index (κ2) is 7.36. The number of hydrogen-bond acceptors (Lipinski definition) is 3. The van der Waals surface area contributed by atoms with E-state index in [0.717, 1.165) is 35.0 Å². The van der Waals surface area contributed by atoms with Crippen LogP contribution in [-0.2, 0) is 12.8 Å². The van der Waals surface area contributed by atoms with Gasteiger partial charge in [0.15, 0.2) is 0 Å². The Morgan fingerprint density at radius 1 is 1.38 bits per heavy atom. The van der Waals surface area contributed by atoms with Crippen LogP contribution in [0.15, 0.2) is 33.5 Å². The van der Waals surface area contributed by atoms with Crippen molar-refractivity contribution in [3.63, 3.8) is 0 Å². The Balaban J connectivity index is 1.65. The van der Waals surface area contributed by atoms with Crippen molar-refractivity contribution < 1.29 is 4.79 Å². The van der Waals surface area contributed by atoms with Crippen molar-refractivity contribution in [3.05, 3.63) is 55.4 Å². The molecular formula is C16H16BrClN4O2. The van der Waals surface area contributed by atoms with Gasteiger partial charge in [0.25, 0.3) is 5.56 Å². The number of urea groups is 1. The highest BCUT2D eigenvalue weighted by molar-refractivity contribution is 9.10. The molecule has 2 aromatic rings.